The summed E-state index contributed by atoms with van der Waals surface area (Å²) in [6, 6.07) is 1.33. The van der Waals surface area contributed by atoms with Crippen molar-refractivity contribution in [2.24, 2.45) is 5.41 Å². The van der Waals surface area contributed by atoms with E-state index in [9.17, 15) is 20.4 Å². The number of hydrogen-bond donors (Lipinski definition) is 4. The quantitative estimate of drug-likeness (QED) is 0.0788. The first-order valence-corrected chi connectivity index (χ1v) is 20.3. The number of hydrogen-bond acceptors (Lipinski definition) is 12. The fraction of sp³-hybridized carbons (Fsp3) is 1.00. The van der Waals surface area contributed by atoms with Crippen molar-refractivity contribution in [2.75, 3.05) is 105 Å². The van der Waals surface area contributed by atoms with Gasteiger partial charge >= 0.3 is 17.6 Å². The monoisotopic (exact) mass is 658 g/mol. The second-order valence-electron chi connectivity index (χ2n) is 10.6. The number of aliphatic hydroxyl groups is 4. The molecule has 14 heteroatoms. The van der Waals surface area contributed by atoms with Crippen LogP contribution in [0.15, 0.2) is 0 Å². The van der Waals surface area contributed by atoms with E-state index in [-0.39, 0.29) is 31.8 Å². The minimum atomic E-state index is -2.87. The molecule has 0 aliphatic carbocycles. The van der Waals surface area contributed by atoms with E-state index in [1.165, 1.54) is 0 Å². The first kappa shape index (κ1) is 43.0. The summed E-state index contributed by atoms with van der Waals surface area (Å²) in [5.74, 6) is 0. The van der Waals surface area contributed by atoms with Crippen LogP contribution in [-0.2, 0) is 26.6 Å². The standard InChI is InChI=1S/C29H66N2O10Si2/c1-7-36-42(37-8-2,38-9-3)25-13-15-29(27-30(17-21-32)18-22-33,28-31(19-23-34)20-24-35)16-14-26-43(39-10-4,40-11-5)41-12-6/h32-35H,7-28H2,1-6H3. The molecular weight excluding hydrogens is 592 g/mol. The van der Waals surface area contributed by atoms with Crippen LogP contribution < -0.4 is 0 Å². The minimum absolute atomic E-state index is 0.0167. The molecule has 0 aromatic carbocycles. The molecule has 0 fully saturated rings. The molecule has 43 heavy (non-hydrogen) atoms. The van der Waals surface area contributed by atoms with Gasteiger partial charge in [-0.05, 0) is 72.6 Å². The highest BCUT2D eigenvalue weighted by molar-refractivity contribution is 6.61. The maximum absolute atomic E-state index is 9.84. The van der Waals surface area contributed by atoms with Gasteiger partial charge in [0.2, 0.25) is 0 Å². The van der Waals surface area contributed by atoms with Gasteiger partial charge in [-0.3, -0.25) is 9.80 Å². The molecule has 0 amide bonds. The van der Waals surface area contributed by atoms with E-state index >= 15 is 0 Å². The maximum Gasteiger partial charge on any atom is 0.500 e. The smallest absolute Gasteiger partial charge is 0.395 e. The fourth-order valence-electron chi connectivity index (χ4n) is 5.91. The second-order valence-corrected chi connectivity index (χ2v) is 16.1. The summed E-state index contributed by atoms with van der Waals surface area (Å²) in [6.45, 7) is 17.7. The second kappa shape index (κ2) is 26.1. The highest BCUT2D eigenvalue weighted by atomic mass is 28.4. The lowest BCUT2D eigenvalue weighted by atomic mass is 9.77. The van der Waals surface area contributed by atoms with Crippen molar-refractivity contribution in [1.82, 2.24) is 9.80 Å². The highest BCUT2D eigenvalue weighted by Crippen LogP contribution is 2.37. The van der Waals surface area contributed by atoms with E-state index in [1.54, 1.807) is 0 Å². The lowest BCUT2D eigenvalue weighted by Gasteiger charge is -2.43. The molecule has 0 unspecified atom stereocenters. The van der Waals surface area contributed by atoms with E-state index < -0.39 is 17.6 Å². The molecule has 12 nitrogen and oxygen atoms in total. The van der Waals surface area contributed by atoms with Crippen molar-refractivity contribution >= 4 is 17.6 Å². The van der Waals surface area contributed by atoms with Crippen molar-refractivity contribution in [3.05, 3.63) is 0 Å². The zero-order valence-corrected chi connectivity index (χ0v) is 30.2. The van der Waals surface area contributed by atoms with Crippen molar-refractivity contribution in [3.63, 3.8) is 0 Å². The summed E-state index contributed by atoms with van der Waals surface area (Å²) >= 11 is 0. The van der Waals surface area contributed by atoms with Gasteiger partial charge in [-0.2, -0.15) is 0 Å². The Bertz CT molecular complexity index is 544. The molecule has 0 aromatic rings. The third-order valence-electron chi connectivity index (χ3n) is 7.35. The lowest BCUT2D eigenvalue weighted by Crippen LogP contribution is -2.50. The lowest BCUT2D eigenvalue weighted by molar-refractivity contribution is 0.0395. The van der Waals surface area contributed by atoms with E-state index in [0.717, 1.165) is 25.7 Å². The zero-order chi connectivity index (χ0) is 32.5. The average Bonchev–Trinajstić information content (AvgIpc) is 2.94. The van der Waals surface area contributed by atoms with Crippen LogP contribution in [0.2, 0.25) is 12.1 Å². The number of rotatable bonds is 32. The van der Waals surface area contributed by atoms with Gasteiger partial charge in [0.1, 0.15) is 0 Å². The molecule has 0 aliphatic rings. The zero-order valence-electron chi connectivity index (χ0n) is 28.2. The summed E-state index contributed by atoms with van der Waals surface area (Å²) in [4.78, 5) is 4.21. The van der Waals surface area contributed by atoms with Crippen LogP contribution in [-0.4, -0.2) is 153 Å². The Morgan fingerprint density at radius 2 is 0.721 bits per heavy atom. The third-order valence-corrected chi connectivity index (χ3v) is 13.7. The number of aliphatic hydroxyl groups excluding tert-OH is 4. The molecule has 0 spiro atoms. The number of nitrogens with zero attached hydrogens (tertiary/aromatic N) is 2. The predicted octanol–water partition coefficient (Wildman–Crippen LogP) is 2.20. The Morgan fingerprint density at radius 3 is 0.930 bits per heavy atom. The Hall–Kier alpha value is -0.0462. The van der Waals surface area contributed by atoms with Gasteiger partial charge < -0.3 is 47.0 Å². The maximum atomic E-state index is 9.84. The van der Waals surface area contributed by atoms with Gasteiger partial charge in [-0.15, -0.1) is 0 Å². The van der Waals surface area contributed by atoms with E-state index in [2.05, 4.69) is 9.80 Å². The van der Waals surface area contributed by atoms with Crippen LogP contribution in [0.1, 0.15) is 67.2 Å². The summed E-state index contributed by atoms with van der Waals surface area (Å²) in [5, 5.41) is 39.4. The van der Waals surface area contributed by atoms with Gasteiger partial charge in [0, 0.05) is 91.0 Å². The van der Waals surface area contributed by atoms with Crippen LogP contribution in [0.3, 0.4) is 0 Å². The Balaban J connectivity index is 6.48. The Morgan fingerprint density at radius 1 is 0.465 bits per heavy atom. The van der Waals surface area contributed by atoms with Gasteiger partial charge in [0.15, 0.2) is 0 Å². The first-order valence-electron chi connectivity index (χ1n) is 16.5. The third kappa shape index (κ3) is 17.4. The average molecular weight is 659 g/mol. The van der Waals surface area contributed by atoms with E-state index in [1.807, 2.05) is 41.5 Å². The van der Waals surface area contributed by atoms with Crippen molar-refractivity contribution in [1.29, 1.82) is 0 Å². The van der Waals surface area contributed by atoms with Gasteiger partial charge in [0.05, 0.1) is 26.4 Å². The molecule has 0 aliphatic heterocycles. The van der Waals surface area contributed by atoms with Gasteiger partial charge in [-0.25, -0.2) is 0 Å². The normalized spacial score (nSPS) is 13.1. The molecule has 0 atom stereocenters. The molecule has 0 saturated heterocycles. The molecule has 0 saturated carbocycles. The topological polar surface area (TPSA) is 143 Å². The summed E-state index contributed by atoms with van der Waals surface area (Å²) in [5.41, 5.74) is -0.315. The highest BCUT2D eigenvalue weighted by Gasteiger charge is 2.44. The van der Waals surface area contributed by atoms with E-state index in [0.29, 0.717) is 91.0 Å². The SMILES string of the molecule is CCO[Si](CCCC(CCC[Si](OCC)(OCC)OCC)(CN(CCO)CCO)CN(CCO)CCO)(OCC)OCC. The molecule has 0 bridgehead atoms. The minimum Gasteiger partial charge on any atom is -0.395 e. The van der Waals surface area contributed by atoms with Gasteiger partial charge in [0.25, 0.3) is 0 Å². The molecular formula is C29H66N2O10Si2. The van der Waals surface area contributed by atoms with Gasteiger partial charge in [-0.1, -0.05) is 0 Å². The van der Waals surface area contributed by atoms with Crippen LogP contribution >= 0.6 is 0 Å². The summed E-state index contributed by atoms with van der Waals surface area (Å²) in [6.07, 6.45) is 3.16. The predicted molar refractivity (Wildman–Crippen MR) is 173 cm³/mol. The van der Waals surface area contributed by atoms with Crippen LogP contribution in [0.25, 0.3) is 0 Å². The molecule has 0 rings (SSSR count). The van der Waals surface area contributed by atoms with Crippen LogP contribution in [0, 0.1) is 5.41 Å². The fourth-order valence-corrected chi connectivity index (χ4v) is 11.1. The van der Waals surface area contributed by atoms with Crippen molar-refractivity contribution in [2.45, 2.75) is 79.3 Å². The van der Waals surface area contributed by atoms with E-state index in [4.69, 9.17) is 26.6 Å². The largest absolute Gasteiger partial charge is 0.500 e. The first-order chi connectivity index (χ1) is 20.8. The molecule has 0 heterocycles. The van der Waals surface area contributed by atoms with Crippen LogP contribution in [0.4, 0.5) is 0 Å². The van der Waals surface area contributed by atoms with Crippen molar-refractivity contribution < 1.29 is 47.0 Å². The van der Waals surface area contributed by atoms with Crippen LogP contribution in [0.5, 0.6) is 0 Å². The molecule has 0 radical (unpaired) electrons. The van der Waals surface area contributed by atoms with Crippen molar-refractivity contribution in [3.8, 4) is 0 Å². The summed E-state index contributed by atoms with van der Waals surface area (Å²) in [7, 11) is -5.74. The Kier molecular flexibility index (Phi) is 26.0. The Labute approximate surface area is 264 Å². The molecule has 0 aromatic heterocycles. The molecule has 4 N–H and O–H groups in total. The molecule has 260 valence electrons. The summed E-state index contributed by atoms with van der Waals surface area (Å²) < 4.78 is 36.9.